The highest BCUT2D eigenvalue weighted by atomic mass is 35.5. The van der Waals surface area contributed by atoms with Gasteiger partial charge in [0.25, 0.3) is 0 Å². The first-order valence-corrected chi connectivity index (χ1v) is 9.97. The first-order valence-electron chi connectivity index (χ1n) is 9.59. The van der Waals surface area contributed by atoms with Gasteiger partial charge >= 0.3 is 6.09 Å². The number of aromatic nitrogens is 1. The molecule has 1 amide bonds. The van der Waals surface area contributed by atoms with Gasteiger partial charge in [0.1, 0.15) is 11.9 Å². The molecule has 7 heteroatoms. The van der Waals surface area contributed by atoms with Crippen molar-refractivity contribution in [2.45, 2.75) is 31.7 Å². The molecule has 2 N–H and O–H groups in total. The molecule has 0 bridgehead atoms. The van der Waals surface area contributed by atoms with Crippen LogP contribution in [0.25, 0.3) is 10.8 Å². The van der Waals surface area contributed by atoms with E-state index >= 15 is 0 Å². The van der Waals surface area contributed by atoms with Crippen LogP contribution in [0.4, 0.5) is 4.79 Å². The molecule has 2 aromatic carbocycles. The van der Waals surface area contributed by atoms with E-state index in [0.29, 0.717) is 24.5 Å². The minimum Gasteiger partial charge on any atom is -0.490 e. The maximum atomic E-state index is 12.1. The van der Waals surface area contributed by atoms with Crippen LogP contribution in [-0.4, -0.2) is 30.0 Å². The zero-order valence-electron chi connectivity index (χ0n) is 15.8. The van der Waals surface area contributed by atoms with Crippen molar-refractivity contribution in [3.8, 4) is 5.75 Å². The molecular weight excluding hydrogens is 390 g/mol. The number of alkyl carbamates (subject to hydrolysis) is 1. The molecule has 2 heterocycles. The number of fused-ring (bicyclic) bond motifs is 1. The van der Waals surface area contributed by atoms with Crippen molar-refractivity contribution in [2.75, 3.05) is 6.54 Å². The van der Waals surface area contributed by atoms with Gasteiger partial charge in [0.2, 0.25) is 0 Å². The van der Waals surface area contributed by atoms with Crippen molar-refractivity contribution in [2.24, 2.45) is 0 Å². The monoisotopic (exact) mass is 411 g/mol. The van der Waals surface area contributed by atoms with Crippen LogP contribution in [-0.2, 0) is 11.3 Å². The largest absolute Gasteiger partial charge is 0.490 e. The number of piperidine rings is 1. The highest BCUT2D eigenvalue weighted by Gasteiger charge is 2.25. The van der Waals surface area contributed by atoms with Crippen LogP contribution in [0.1, 0.15) is 18.4 Å². The van der Waals surface area contributed by atoms with Crippen LogP contribution in [0, 0.1) is 0 Å². The summed E-state index contributed by atoms with van der Waals surface area (Å²) in [5.41, 5.74) is 0.843. The van der Waals surface area contributed by atoms with Crippen molar-refractivity contribution >= 4 is 28.5 Å². The molecule has 3 aromatic rings. The van der Waals surface area contributed by atoms with Gasteiger partial charge in [0.15, 0.2) is 6.23 Å². The molecule has 4 rings (SSSR count). The SMILES string of the molecule is O=C(NCc1ccccc1Cl)O[C@H]1C[C@@H](Oc2ccc3cnccc3c2)CCN1. The second kappa shape index (κ2) is 9.11. The number of hydrogen-bond acceptors (Lipinski definition) is 5. The summed E-state index contributed by atoms with van der Waals surface area (Å²) < 4.78 is 11.6. The Hall–Kier alpha value is -2.83. The number of nitrogens with zero attached hydrogens (tertiary/aromatic N) is 1. The second-order valence-corrected chi connectivity index (χ2v) is 7.35. The fourth-order valence-electron chi connectivity index (χ4n) is 3.35. The number of rotatable bonds is 5. The predicted octanol–water partition coefficient (Wildman–Crippen LogP) is 4.27. The zero-order chi connectivity index (χ0) is 20.1. The Morgan fingerprint density at radius 3 is 3.00 bits per heavy atom. The average Bonchev–Trinajstić information content (AvgIpc) is 2.73. The van der Waals surface area contributed by atoms with Gasteiger partial charge in [-0.1, -0.05) is 29.8 Å². The Morgan fingerprint density at radius 1 is 1.21 bits per heavy atom. The van der Waals surface area contributed by atoms with E-state index in [0.717, 1.165) is 28.5 Å². The smallest absolute Gasteiger partial charge is 0.408 e. The molecule has 29 heavy (non-hydrogen) atoms. The molecule has 1 aliphatic heterocycles. The Labute approximate surface area is 174 Å². The maximum Gasteiger partial charge on any atom is 0.408 e. The molecule has 1 aliphatic rings. The normalized spacial score (nSPS) is 18.9. The Morgan fingerprint density at radius 2 is 2.10 bits per heavy atom. The van der Waals surface area contributed by atoms with E-state index in [1.165, 1.54) is 0 Å². The van der Waals surface area contributed by atoms with E-state index in [9.17, 15) is 4.79 Å². The lowest BCUT2D eigenvalue weighted by molar-refractivity contribution is 0.0202. The van der Waals surface area contributed by atoms with E-state index in [2.05, 4.69) is 15.6 Å². The summed E-state index contributed by atoms with van der Waals surface area (Å²) in [6.07, 6.45) is 4.10. The van der Waals surface area contributed by atoms with Gasteiger partial charge in [-0.05, 0) is 47.7 Å². The van der Waals surface area contributed by atoms with Gasteiger partial charge in [-0.3, -0.25) is 10.3 Å². The highest BCUT2D eigenvalue weighted by Crippen LogP contribution is 2.23. The third-order valence-electron chi connectivity index (χ3n) is 4.86. The van der Waals surface area contributed by atoms with Crippen LogP contribution in [0.15, 0.2) is 60.9 Å². The first-order chi connectivity index (χ1) is 14.2. The van der Waals surface area contributed by atoms with Crippen molar-refractivity contribution in [3.05, 3.63) is 71.5 Å². The van der Waals surface area contributed by atoms with Crippen LogP contribution in [0.5, 0.6) is 5.75 Å². The molecule has 0 unspecified atom stereocenters. The summed E-state index contributed by atoms with van der Waals surface area (Å²) in [5.74, 6) is 0.803. The fourth-order valence-corrected chi connectivity index (χ4v) is 3.55. The van der Waals surface area contributed by atoms with Crippen molar-refractivity contribution in [3.63, 3.8) is 0 Å². The third-order valence-corrected chi connectivity index (χ3v) is 5.23. The first kappa shape index (κ1) is 19.5. The van der Waals surface area contributed by atoms with Crippen molar-refractivity contribution < 1.29 is 14.3 Å². The molecule has 0 saturated carbocycles. The number of halogens is 1. The predicted molar refractivity (Wildman–Crippen MR) is 112 cm³/mol. The van der Waals surface area contributed by atoms with E-state index in [1.807, 2.05) is 48.7 Å². The van der Waals surface area contributed by atoms with Gasteiger partial charge in [0.05, 0.1) is 0 Å². The van der Waals surface area contributed by atoms with Gasteiger partial charge < -0.3 is 14.8 Å². The lowest BCUT2D eigenvalue weighted by Crippen LogP contribution is -2.46. The number of nitrogens with one attached hydrogen (secondary N) is 2. The van der Waals surface area contributed by atoms with Crippen LogP contribution in [0.2, 0.25) is 5.02 Å². The standard InChI is InChI=1S/C22H22ClN3O3/c23-20-4-2-1-3-17(20)14-26-22(27)29-21-12-19(8-10-25-21)28-18-6-5-16-13-24-9-7-15(16)11-18/h1-7,9,11,13,19,21,25H,8,10,12,14H2,(H,26,27)/t19-,21-/m0/s1. The third kappa shape index (κ3) is 5.16. The number of hydrogen-bond donors (Lipinski definition) is 2. The molecule has 1 fully saturated rings. The Bertz CT molecular complexity index is 998. The molecule has 0 aliphatic carbocycles. The summed E-state index contributed by atoms with van der Waals surface area (Å²) in [5, 5.41) is 8.71. The van der Waals surface area contributed by atoms with Gasteiger partial charge in [0, 0.05) is 42.3 Å². The molecule has 0 spiro atoms. The minimum atomic E-state index is -0.485. The van der Waals surface area contributed by atoms with Gasteiger partial charge in [-0.15, -0.1) is 0 Å². The average molecular weight is 412 g/mol. The molecule has 6 nitrogen and oxygen atoms in total. The zero-order valence-corrected chi connectivity index (χ0v) is 16.6. The van der Waals surface area contributed by atoms with E-state index in [-0.39, 0.29) is 6.10 Å². The fraction of sp³-hybridized carbons (Fsp3) is 0.273. The Balaban J connectivity index is 1.29. The molecule has 0 radical (unpaired) electrons. The number of benzene rings is 2. The van der Waals surface area contributed by atoms with Crippen molar-refractivity contribution in [1.29, 1.82) is 0 Å². The van der Waals surface area contributed by atoms with E-state index in [4.69, 9.17) is 21.1 Å². The summed E-state index contributed by atoms with van der Waals surface area (Å²) in [4.78, 5) is 16.3. The molecule has 1 saturated heterocycles. The topological polar surface area (TPSA) is 72.5 Å². The second-order valence-electron chi connectivity index (χ2n) is 6.94. The lowest BCUT2D eigenvalue weighted by Gasteiger charge is -2.30. The highest BCUT2D eigenvalue weighted by molar-refractivity contribution is 6.31. The van der Waals surface area contributed by atoms with E-state index < -0.39 is 12.3 Å². The van der Waals surface area contributed by atoms with Crippen LogP contribution in [0.3, 0.4) is 0 Å². The number of amides is 1. The number of carbonyl (C=O) groups is 1. The van der Waals surface area contributed by atoms with Crippen LogP contribution >= 0.6 is 11.6 Å². The molecule has 2 atom stereocenters. The number of pyridine rings is 1. The minimum absolute atomic E-state index is 0.0306. The van der Waals surface area contributed by atoms with Crippen LogP contribution < -0.4 is 15.4 Å². The summed E-state index contributed by atoms with van der Waals surface area (Å²) in [6.45, 7) is 1.03. The number of carbonyl (C=O) groups excluding carboxylic acids is 1. The van der Waals surface area contributed by atoms with E-state index in [1.54, 1.807) is 12.3 Å². The lowest BCUT2D eigenvalue weighted by atomic mass is 10.1. The van der Waals surface area contributed by atoms with Gasteiger partial charge in [-0.25, -0.2) is 4.79 Å². The Kier molecular flexibility index (Phi) is 6.12. The van der Waals surface area contributed by atoms with Gasteiger partial charge in [-0.2, -0.15) is 0 Å². The maximum absolute atomic E-state index is 12.1. The summed E-state index contributed by atoms with van der Waals surface area (Å²) in [7, 11) is 0. The molecule has 150 valence electrons. The molecule has 1 aromatic heterocycles. The summed E-state index contributed by atoms with van der Waals surface area (Å²) in [6, 6.07) is 15.3. The van der Waals surface area contributed by atoms with Crippen molar-refractivity contribution in [1.82, 2.24) is 15.6 Å². The quantitative estimate of drug-likeness (QED) is 0.655. The number of ether oxygens (including phenoxy) is 2. The molecular formula is C22H22ClN3O3. The summed E-state index contributed by atoms with van der Waals surface area (Å²) >= 11 is 6.11.